The molecule has 0 unspecified atom stereocenters. The van der Waals surface area contributed by atoms with Gasteiger partial charge in [-0.25, -0.2) is 4.98 Å². The van der Waals surface area contributed by atoms with E-state index in [1.807, 2.05) is 47.9 Å². The number of hydrogen-bond donors (Lipinski definition) is 1. The van der Waals surface area contributed by atoms with Crippen LogP contribution in [-0.4, -0.2) is 35.8 Å². The number of nitrogens with one attached hydrogen (secondary N) is 1. The minimum absolute atomic E-state index is 0.150. The highest BCUT2D eigenvalue weighted by atomic mass is 16.6. The highest BCUT2D eigenvalue weighted by Gasteiger charge is 2.19. The summed E-state index contributed by atoms with van der Waals surface area (Å²) in [7, 11) is 1.58. The van der Waals surface area contributed by atoms with Crippen molar-refractivity contribution in [2.45, 2.75) is 19.9 Å². The Morgan fingerprint density at radius 2 is 1.96 bits per heavy atom. The van der Waals surface area contributed by atoms with Crippen molar-refractivity contribution in [3.8, 4) is 17.2 Å². The third-order valence-corrected chi connectivity index (χ3v) is 4.49. The summed E-state index contributed by atoms with van der Waals surface area (Å²) in [6.07, 6.45) is 0.711. The molecule has 140 valence electrons. The molecular formula is C20H21N3O4. The van der Waals surface area contributed by atoms with Crippen LogP contribution in [0.3, 0.4) is 0 Å². The zero-order valence-electron chi connectivity index (χ0n) is 15.3. The number of benzene rings is 2. The number of ether oxygens (including phenoxy) is 3. The Labute approximate surface area is 156 Å². The van der Waals surface area contributed by atoms with E-state index in [9.17, 15) is 4.79 Å². The third kappa shape index (κ3) is 3.28. The van der Waals surface area contributed by atoms with Crippen LogP contribution in [0, 0.1) is 0 Å². The quantitative estimate of drug-likeness (QED) is 0.750. The SMILES string of the molecule is CCc1nc2cc3c(cc2n1CC(=O)Nc1ccccc1OC)OCCO3. The van der Waals surface area contributed by atoms with E-state index in [1.165, 1.54) is 0 Å². The molecule has 3 aromatic rings. The van der Waals surface area contributed by atoms with Gasteiger partial charge in [0.15, 0.2) is 11.5 Å². The molecule has 7 nitrogen and oxygen atoms in total. The normalized spacial score (nSPS) is 12.8. The molecule has 0 aliphatic carbocycles. The van der Waals surface area contributed by atoms with Crippen LogP contribution in [-0.2, 0) is 17.8 Å². The van der Waals surface area contributed by atoms with Crippen LogP contribution in [0.4, 0.5) is 5.69 Å². The Morgan fingerprint density at radius 1 is 1.22 bits per heavy atom. The number of amides is 1. The van der Waals surface area contributed by atoms with Crippen molar-refractivity contribution in [2.24, 2.45) is 0 Å². The molecule has 4 rings (SSSR count). The lowest BCUT2D eigenvalue weighted by Crippen LogP contribution is -2.20. The van der Waals surface area contributed by atoms with Crippen LogP contribution >= 0.6 is 0 Å². The number of rotatable bonds is 5. The maximum absolute atomic E-state index is 12.7. The number of aryl methyl sites for hydroxylation is 1. The lowest BCUT2D eigenvalue weighted by molar-refractivity contribution is -0.116. The van der Waals surface area contributed by atoms with Gasteiger partial charge < -0.3 is 24.1 Å². The van der Waals surface area contributed by atoms with Crippen molar-refractivity contribution < 1.29 is 19.0 Å². The van der Waals surface area contributed by atoms with E-state index < -0.39 is 0 Å². The number of carbonyl (C=O) groups excluding carboxylic acids is 1. The van der Waals surface area contributed by atoms with Gasteiger partial charge in [0, 0.05) is 18.6 Å². The first-order valence-electron chi connectivity index (χ1n) is 8.91. The minimum Gasteiger partial charge on any atom is -0.495 e. The largest absolute Gasteiger partial charge is 0.495 e. The smallest absolute Gasteiger partial charge is 0.244 e. The highest BCUT2D eigenvalue weighted by molar-refractivity contribution is 5.93. The van der Waals surface area contributed by atoms with Crippen molar-refractivity contribution in [3.05, 3.63) is 42.2 Å². The van der Waals surface area contributed by atoms with Gasteiger partial charge in [-0.3, -0.25) is 4.79 Å². The Morgan fingerprint density at radius 3 is 2.70 bits per heavy atom. The molecule has 27 heavy (non-hydrogen) atoms. The van der Waals surface area contributed by atoms with Crippen LogP contribution in [0.15, 0.2) is 36.4 Å². The minimum atomic E-state index is -0.150. The van der Waals surface area contributed by atoms with Gasteiger partial charge >= 0.3 is 0 Å². The summed E-state index contributed by atoms with van der Waals surface area (Å²) in [5.41, 5.74) is 2.29. The first kappa shape index (κ1) is 17.2. The Balaban J connectivity index is 1.65. The van der Waals surface area contributed by atoms with Gasteiger partial charge in [0.2, 0.25) is 5.91 Å². The molecule has 0 bridgehead atoms. The predicted octanol–water partition coefficient (Wildman–Crippen LogP) is 3.02. The first-order valence-corrected chi connectivity index (χ1v) is 8.91. The molecule has 0 atom stereocenters. The fraction of sp³-hybridized carbons (Fsp3) is 0.300. The van der Waals surface area contributed by atoms with Gasteiger partial charge in [-0.15, -0.1) is 0 Å². The van der Waals surface area contributed by atoms with E-state index in [0.29, 0.717) is 42.6 Å². The number of para-hydroxylation sites is 2. The second-order valence-corrected chi connectivity index (χ2v) is 6.20. The van der Waals surface area contributed by atoms with Gasteiger partial charge in [-0.2, -0.15) is 0 Å². The molecule has 2 heterocycles. The Hall–Kier alpha value is -3.22. The molecule has 1 aliphatic heterocycles. The fourth-order valence-electron chi connectivity index (χ4n) is 3.24. The van der Waals surface area contributed by atoms with Crippen molar-refractivity contribution in [1.29, 1.82) is 0 Å². The number of imidazole rings is 1. The molecule has 1 aromatic heterocycles. The van der Waals surface area contributed by atoms with E-state index in [0.717, 1.165) is 16.9 Å². The second-order valence-electron chi connectivity index (χ2n) is 6.20. The average molecular weight is 367 g/mol. The number of hydrogen-bond acceptors (Lipinski definition) is 5. The Bertz CT molecular complexity index is 996. The molecule has 0 spiro atoms. The number of aromatic nitrogens is 2. The lowest BCUT2D eigenvalue weighted by atomic mass is 10.2. The van der Waals surface area contributed by atoms with E-state index in [4.69, 9.17) is 14.2 Å². The van der Waals surface area contributed by atoms with Gasteiger partial charge in [0.25, 0.3) is 0 Å². The first-order chi connectivity index (χ1) is 13.2. The molecule has 2 aromatic carbocycles. The summed E-state index contributed by atoms with van der Waals surface area (Å²) in [5.74, 6) is 2.69. The maximum Gasteiger partial charge on any atom is 0.244 e. The molecule has 1 amide bonds. The summed E-state index contributed by atoms with van der Waals surface area (Å²) in [4.78, 5) is 17.3. The van der Waals surface area contributed by atoms with Crippen LogP contribution in [0.1, 0.15) is 12.7 Å². The van der Waals surface area contributed by atoms with Crippen LogP contribution in [0.2, 0.25) is 0 Å². The van der Waals surface area contributed by atoms with Gasteiger partial charge in [-0.1, -0.05) is 19.1 Å². The summed E-state index contributed by atoms with van der Waals surface area (Å²) in [6.45, 7) is 3.21. The number of anilines is 1. The summed E-state index contributed by atoms with van der Waals surface area (Å²) >= 11 is 0. The van der Waals surface area contributed by atoms with E-state index in [-0.39, 0.29) is 12.5 Å². The second kappa shape index (κ2) is 7.19. The number of carbonyl (C=O) groups is 1. The van der Waals surface area contributed by atoms with Crippen molar-refractivity contribution >= 4 is 22.6 Å². The number of methoxy groups -OCH3 is 1. The fourth-order valence-corrected chi connectivity index (χ4v) is 3.24. The maximum atomic E-state index is 12.7. The molecule has 0 radical (unpaired) electrons. The third-order valence-electron chi connectivity index (χ3n) is 4.49. The zero-order chi connectivity index (χ0) is 18.8. The molecule has 1 N–H and O–H groups in total. The zero-order valence-corrected chi connectivity index (χ0v) is 15.3. The average Bonchev–Trinajstić information content (AvgIpc) is 3.03. The van der Waals surface area contributed by atoms with Crippen molar-refractivity contribution in [3.63, 3.8) is 0 Å². The van der Waals surface area contributed by atoms with Gasteiger partial charge in [0.05, 0.1) is 23.8 Å². The van der Waals surface area contributed by atoms with Crippen LogP contribution in [0.25, 0.3) is 11.0 Å². The van der Waals surface area contributed by atoms with Crippen molar-refractivity contribution in [2.75, 3.05) is 25.6 Å². The molecule has 0 saturated heterocycles. The van der Waals surface area contributed by atoms with Crippen LogP contribution < -0.4 is 19.5 Å². The standard InChI is InChI=1S/C20H21N3O4/c1-3-19-21-14-10-17-18(27-9-8-26-17)11-15(14)23(19)12-20(24)22-13-6-4-5-7-16(13)25-2/h4-7,10-11H,3,8-9,12H2,1-2H3,(H,22,24). The molecule has 0 fully saturated rings. The molecule has 7 heteroatoms. The predicted molar refractivity (Wildman–Crippen MR) is 102 cm³/mol. The number of nitrogens with zero attached hydrogens (tertiary/aromatic N) is 2. The van der Waals surface area contributed by atoms with Gasteiger partial charge in [0.1, 0.15) is 31.3 Å². The van der Waals surface area contributed by atoms with Crippen molar-refractivity contribution in [1.82, 2.24) is 9.55 Å². The highest BCUT2D eigenvalue weighted by Crippen LogP contribution is 2.35. The lowest BCUT2D eigenvalue weighted by Gasteiger charge is -2.18. The molecule has 1 aliphatic rings. The Kier molecular flexibility index (Phi) is 4.58. The summed E-state index contributed by atoms with van der Waals surface area (Å²) in [6, 6.07) is 11.1. The van der Waals surface area contributed by atoms with Gasteiger partial charge in [-0.05, 0) is 12.1 Å². The summed E-state index contributed by atoms with van der Waals surface area (Å²) in [5, 5.41) is 2.91. The summed E-state index contributed by atoms with van der Waals surface area (Å²) < 4.78 is 18.5. The number of fused-ring (bicyclic) bond motifs is 2. The van der Waals surface area contributed by atoms with E-state index >= 15 is 0 Å². The molecular weight excluding hydrogens is 346 g/mol. The molecule has 0 saturated carbocycles. The monoisotopic (exact) mass is 367 g/mol. The van der Waals surface area contributed by atoms with E-state index in [1.54, 1.807) is 7.11 Å². The topological polar surface area (TPSA) is 74.6 Å². The van der Waals surface area contributed by atoms with E-state index in [2.05, 4.69) is 10.3 Å². The van der Waals surface area contributed by atoms with Crippen LogP contribution in [0.5, 0.6) is 17.2 Å².